The molecule has 0 radical (unpaired) electrons. The number of carbonyl (C=O) groups is 5. The van der Waals surface area contributed by atoms with Crippen molar-refractivity contribution in [2.75, 3.05) is 25.1 Å². The first-order chi connectivity index (χ1) is 17.0. The maximum atomic E-state index is 13.1. The van der Waals surface area contributed by atoms with Gasteiger partial charge in [0.15, 0.2) is 5.96 Å². The molecule has 0 aromatic heterocycles. The summed E-state index contributed by atoms with van der Waals surface area (Å²) in [5.41, 5.74) is 15.8. The molecule has 4 amide bonds. The third-order valence-corrected chi connectivity index (χ3v) is 6.14. The molecule has 1 aliphatic heterocycles. The highest BCUT2D eigenvalue weighted by Gasteiger charge is 2.31. The molecule has 1 saturated heterocycles. The molecule has 4 unspecified atom stereocenters. The summed E-state index contributed by atoms with van der Waals surface area (Å²) in [6.07, 6.45) is 3.74. The van der Waals surface area contributed by atoms with Gasteiger partial charge in [0.1, 0.15) is 18.1 Å². The van der Waals surface area contributed by atoms with Gasteiger partial charge in [0.05, 0.1) is 6.04 Å². The van der Waals surface area contributed by atoms with Crippen molar-refractivity contribution in [3.05, 3.63) is 0 Å². The van der Waals surface area contributed by atoms with Crippen molar-refractivity contribution < 1.29 is 29.1 Å². The molecule has 1 fully saturated rings. The standard InChI is InChI=1S/C21H38N8O6S/c1-36-11-8-14(19(33)29-15(20(34)35)6-7-16(22)30)28-18(32)13(5-3-10-26-21(23)24)27-17(31)12-4-2-9-25-12/h12-15,25H,2-11H2,1H3,(H2,22,30)(H,27,31)(H,28,32)(H,29,33)(H,34,35)(H4,23,24,26). The minimum Gasteiger partial charge on any atom is -0.480 e. The van der Waals surface area contributed by atoms with E-state index in [0.29, 0.717) is 25.1 Å². The van der Waals surface area contributed by atoms with Gasteiger partial charge in [-0.05, 0) is 57.1 Å². The Morgan fingerprint density at radius 2 is 1.64 bits per heavy atom. The zero-order valence-corrected chi connectivity index (χ0v) is 21.3. The summed E-state index contributed by atoms with van der Waals surface area (Å²) in [5, 5.41) is 20.2. The largest absolute Gasteiger partial charge is 0.480 e. The van der Waals surface area contributed by atoms with E-state index in [1.165, 1.54) is 11.8 Å². The number of aliphatic imine (C=N–C) groups is 1. The molecule has 0 aliphatic carbocycles. The average molecular weight is 531 g/mol. The summed E-state index contributed by atoms with van der Waals surface area (Å²) in [6, 6.07) is -3.76. The van der Waals surface area contributed by atoms with Crippen LogP contribution in [0.1, 0.15) is 44.9 Å². The van der Waals surface area contributed by atoms with Crippen LogP contribution >= 0.6 is 11.8 Å². The van der Waals surface area contributed by atoms with Gasteiger partial charge in [0.25, 0.3) is 0 Å². The molecule has 14 nitrogen and oxygen atoms in total. The van der Waals surface area contributed by atoms with Gasteiger partial charge in [-0.2, -0.15) is 11.8 Å². The maximum absolute atomic E-state index is 13.1. The quantitative estimate of drug-likeness (QED) is 0.0551. The summed E-state index contributed by atoms with van der Waals surface area (Å²) >= 11 is 1.44. The van der Waals surface area contributed by atoms with Crippen molar-refractivity contribution in [1.82, 2.24) is 21.3 Å². The van der Waals surface area contributed by atoms with Crippen LogP contribution < -0.4 is 38.5 Å². The summed E-state index contributed by atoms with van der Waals surface area (Å²) in [4.78, 5) is 65.1. The topological polar surface area (TPSA) is 244 Å². The number of rotatable bonds is 17. The number of primary amides is 1. The van der Waals surface area contributed by atoms with Crippen LogP contribution in [0.15, 0.2) is 4.99 Å². The SMILES string of the molecule is CSCCC(NC(=O)C(CCCN=C(N)N)NC(=O)C1CCCN1)C(=O)NC(CCC(N)=O)C(=O)O. The van der Waals surface area contributed by atoms with Crippen LogP contribution in [0.5, 0.6) is 0 Å². The number of guanidine groups is 1. The molecule has 11 N–H and O–H groups in total. The maximum Gasteiger partial charge on any atom is 0.326 e. The van der Waals surface area contributed by atoms with Crippen LogP contribution in [0, 0.1) is 0 Å². The zero-order chi connectivity index (χ0) is 27.1. The molecule has 4 atom stereocenters. The molecule has 0 spiro atoms. The van der Waals surface area contributed by atoms with Crippen molar-refractivity contribution in [3.63, 3.8) is 0 Å². The van der Waals surface area contributed by atoms with Crippen molar-refractivity contribution in [2.45, 2.75) is 69.1 Å². The number of hydrogen-bond donors (Lipinski definition) is 8. The number of aliphatic carboxylic acids is 1. The lowest BCUT2D eigenvalue weighted by Crippen LogP contribution is -2.57. The Labute approximate surface area is 214 Å². The highest BCUT2D eigenvalue weighted by Crippen LogP contribution is 2.09. The van der Waals surface area contributed by atoms with Gasteiger partial charge in [0.2, 0.25) is 23.6 Å². The number of thioether (sulfide) groups is 1. The van der Waals surface area contributed by atoms with Gasteiger partial charge in [-0.1, -0.05) is 0 Å². The number of nitrogens with one attached hydrogen (secondary N) is 4. The van der Waals surface area contributed by atoms with E-state index in [2.05, 4.69) is 26.3 Å². The van der Waals surface area contributed by atoms with Crippen LogP contribution in [-0.4, -0.2) is 89.9 Å². The number of carboxylic acid groups (broad SMARTS) is 1. The lowest BCUT2D eigenvalue weighted by Gasteiger charge is -2.25. The Bertz CT molecular complexity index is 801. The van der Waals surface area contributed by atoms with E-state index >= 15 is 0 Å². The van der Waals surface area contributed by atoms with E-state index in [9.17, 15) is 29.1 Å². The van der Waals surface area contributed by atoms with Gasteiger partial charge >= 0.3 is 5.97 Å². The van der Waals surface area contributed by atoms with E-state index < -0.39 is 47.9 Å². The Hall–Kier alpha value is -3.07. The summed E-state index contributed by atoms with van der Waals surface area (Å²) in [5.74, 6) is -3.23. The molecule has 0 saturated carbocycles. The second-order valence-corrected chi connectivity index (χ2v) is 9.39. The van der Waals surface area contributed by atoms with E-state index in [-0.39, 0.29) is 44.1 Å². The number of amides is 4. The van der Waals surface area contributed by atoms with E-state index in [1.807, 2.05) is 6.26 Å². The van der Waals surface area contributed by atoms with Crippen molar-refractivity contribution in [3.8, 4) is 0 Å². The first-order valence-electron chi connectivity index (χ1n) is 11.7. The van der Waals surface area contributed by atoms with Crippen LogP contribution in [0.2, 0.25) is 0 Å². The molecular formula is C21H38N8O6S. The van der Waals surface area contributed by atoms with E-state index in [1.54, 1.807) is 0 Å². The highest BCUT2D eigenvalue weighted by molar-refractivity contribution is 7.98. The lowest BCUT2D eigenvalue weighted by atomic mass is 10.1. The predicted octanol–water partition coefficient (Wildman–Crippen LogP) is -2.65. The van der Waals surface area contributed by atoms with Gasteiger partial charge in [-0.3, -0.25) is 24.2 Å². The fraction of sp³-hybridized carbons (Fsp3) is 0.714. The second kappa shape index (κ2) is 16.6. The Balaban J connectivity index is 2.93. The zero-order valence-electron chi connectivity index (χ0n) is 20.5. The third kappa shape index (κ3) is 12.1. The number of carboxylic acids is 1. The van der Waals surface area contributed by atoms with Crippen LogP contribution in [0.25, 0.3) is 0 Å². The molecule has 1 aliphatic rings. The highest BCUT2D eigenvalue weighted by atomic mass is 32.2. The summed E-state index contributed by atoms with van der Waals surface area (Å²) < 4.78 is 0. The molecule has 0 bridgehead atoms. The Morgan fingerprint density at radius 3 is 2.17 bits per heavy atom. The van der Waals surface area contributed by atoms with Crippen molar-refractivity contribution in [1.29, 1.82) is 0 Å². The number of nitrogens with two attached hydrogens (primary N) is 3. The summed E-state index contributed by atoms with van der Waals surface area (Å²) in [7, 11) is 0. The second-order valence-electron chi connectivity index (χ2n) is 8.41. The number of nitrogens with zero attached hydrogens (tertiary/aromatic N) is 1. The van der Waals surface area contributed by atoms with Crippen LogP contribution in [-0.2, 0) is 24.0 Å². The lowest BCUT2D eigenvalue weighted by molar-refractivity contribution is -0.142. The molecule has 1 rings (SSSR count). The first-order valence-corrected chi connectivity index (χ1v) is 13.1. The molecule has 36 heavy (non-hydrogen) atoms. The normalized spacial score (nSPS) is 17.3. The van der Waals surface area contributed by atoms with E-state index in [0.717, 1.165) is 6.42 Å². The third-order valence-electron chi connectivity index (χ3n) is 5.49. The molecule has 15 heteroatoms. The molecule has 0 aromatic rings. The van der Waals surface area contributed by atoms with Crippen molar-refractivity contribution in [2.24, 2.45) is 22.2 Å². The minimum absolute atomic E-state index is 0.0895. The fourth-order valence-electron chi connectivity index (χ4n) is 3.55. The molecule has 204 valence electrons. The van der Waals surface area contributed by atoms with Gasteiger partial charge in [-0.15, -0.1) is 0 Å². The smallest absolute Gasteiger partial charge is 0.326 e. The molecular weight excluding hydrogens is 492 g/mol. The number of hydrogen-bond acceptors (Lipinski definition) is 8. The van der Waals surface area contributed by atoms with E-state index in [4.69, 9.17) is 17.2 Å². The first kappa shape index (κ1) is 31.0. The molecule has 1 heterocycles. The fourth-order valence-corrected chi connectivity index (χ4v) is 4.02. The van der Waals surface area contributed by atoms with Crippen LogP contribution in [0.3, 0.4) is 0 Å². The van der Waals surface area contributed by atoms with Crippen LogP contribution in [0.4, 0.5) is 0 Å². The predicted molar refractivity (Wildman–Crippen MR) is 136 cm³/mol. The monoisotopic (exact) mass is 530 g/mol. The number of carbonyl (C=O) groups excluding carboxylic acids is 4. The average Bonchev–Trinajstić information content (AvgIpc) is 3.35. The van der Waals surface area contributed by atoms with Gasteiger partial charge in [0, 0.05) is 13.0 Å². The van der Waals surface area contributed by atoms with Gasteiger partial charge < -0.3 is 43.6 Å². The minimum atomic E-state index is -1.35. The Morgan fingerprint density at radius 1 is 1.00 bits per heavy atom. The van der Waals surface area contributed by atoms with Gasteiger partial charge in [-0.25, -0.2) is 4.79 Å². The van der Waals surface area contributed by atoms with Crippen molar-refractivity contribution >= 4 is 47.3 Å². The Kier molecular flexibility index (Phi) is 14.3. The molecule has 0 aromatic carbocycles. The summed E-state index contributed by atoms with van der Waals surface area (Å²) in [6.45, 7) is 0.955.